The Bertz CT molecular complexity index is 1010. The van der Waals surface area contributed by atoms with Crippen LogP contribution in [0.4, 0.5) is 5.69 Å². The molecule has 1 aromatic heterocycles. The maximum absolute atomic E-state index is 12.9. The Hall–Kier alpha value is -2.59. The third-order valence-electron chi connectivity index (χ3n) is 6.30. The maximum Gasteiger partial charge on any atom is 0.179 e. The molecule has 2 aromatic carbocycles. The monoisotopic (exact) mass is 373 g/mol. The molecule has 2 aliphatic rings. The van der Waals surface area contributed by atoms with Gasteiger partial charge in [-0.1, -0.05) is 30.3 Å². The fourth-order valence-electron chi connectivity index (χ4n) is 4.72. The van der Waals surface area contributed by atoms with E-state index in [1.54, 1.807) is 0 Å². The summed E-state index contributed by atoms with van der Waals surface area (Å²) in [7, 11) is 2.19. The number of nitrogens with zero attached hydrogens (tertiary/aromatic N) is 3. The fourth-order valence-corrected chi connectivity index (χ4v) is 4.72. The number of hydrogen-bond acceptors (Lipinski definition) is 3. The van der Waals surface area contributed by atoms with Crippen molar-refractivity contribution < 1.29 is 4.79 Å². The highest BCUT2D eigenvalue weighted by molar-refractivity contribution is 6.04. The van der Waals surface area contributed by atoms with Crippen molar-refractivity contribution in [3.8, 4) is 0 Å². The summed E-state index contributed by atoms with van der Waals surface area (Å²) in [5.74, 6) is 0.300. The lowest BCUT2D eigenvalue weighted by Gasteiger charge is -2.34. The number of piperazine rings is 1. The summed E-state index contributed by atoms with van der Waals surface area (Å²) < 4.78 is 2.26. The maximum atomic E-state index is 12.9. The van der Waals surface area contributed by atoms with E-state index in [1.807, 2.05) is 6.07 Å². The number of carbonyl (C=O) groups is 1. The molecule has 0 saturated carbocycles. The van der Waals surface area contributed by atoms with Crippen LogP contribution in [-0.2, 0) is 13.0 Å². The van der Waals surface area contributed by atoms with Gasteiger partial charge in [0.15, 0.2) is 5.78 Å². The van der Waals surface area contributed by atoms with Gasteiger partial charge in [0.1, 0.15) is 0 Å². The highest BCUT2D eigenvalue weighted by Gasteiger charge is 2.26. The molecule has 28 heavy (non-hydrogen) atoms. The van der Waals surface area contributed by atoms with Gasteiger partial charge in [0.25, 0.3) is 0 Å². The van der Waals surface area contributed by atoms with Crippen LogP contribution in [0.5, 0.6) is 0 Å². The Morgan fingerprint density at radius 3 is 2.50 bits per heavy atom. The molecule has 0 atom stereocenters. The van der Waals surface area contributed by atoms with Gasteiger partial charge in [0, 0.05) is 55.7 Å². The molecule has 1 saturated heterocycles. The average molecular weight is 374 g/mol. The lowest BCUT2D eigenvalue weighted by molar-refractivity contribution is 0.0964. The summed E-state index contributed by atoms with van der Waals surface area (Å²) in [4.78, 5) is 17.7. The first-order valence-electron chi connectivity index (χ1n) is 10.4. The van der Waals surface area contributed by atoms with Crippen LogP contribution in [0.25, 0.3) is 10.9 Å². The van der Waals surface area contributed by atoms with E-state index in [1.165, 1.54) is 27.7 Å². The van der Waals surface area contributed by atoms with Crippen molar-refractivity contribution in [1.29, 1.82) is 0 Å². The second-order valence-electron chi connectivity index (χ2n) is 8.17. The van der Waals surface area contributed by atoms with Gasteiger partial charge in [0.05, 0.1) is 5.69 Å². The third kappa shape index (κ3) is 3.02. The second-order valence-corrected chi connectivity index (χ2v) is 8.17. The molecule has 0 unspecified atom stereocenters. The summed E-state index contributed by atoms with van der Waals surface area (Å²) >= 11 is 0. The molecular formula is C24H27N3O. The molecule has 2 heterocycles. The predicted octanol–water partition coefficient (Wildman–Crippen LogP) is 3.96. The molecule has 4 heteroatoms. The van der Waals surface area contributed by atoms with E-state index in [4.69, 9.17) is 0 Å². The van der Waals surface area contributed by atoms with Crippen molar-refractivity contribution in [2.45, 2.75) is 25.8 Å². The van der Waals surface area contributed by atoms with Crippen LogP contribution < -0.4 is 4.90 Å². The largest absolute Gasteiger partial charge is 0.369 e. The number of aryl methyl sites for hydroxylation is 1. The average Bonchev–Trinajstić information content (AvgIpc) is 3.04. The van der Waals surface area contributed by atoms with E-state index < -0.39 is 0 Å². The number of benzene rings is 2. The molecule has 0 amide bonds. The number of ketones is 1. The zero-order valence-electron chi connectivity index (χ0n) is 16.5. The Morgan fingerprint density at radius 2 is 1.71 bits per heavy atom. The van der Waals surface area contributed by atoms with Gasteiger partial charge in [-0.15, -0.1) is 0 Å². The molecule has 0 N–H and O–H groups in total. The van der Waals surface area contributed by atoms with E-state index in [2.05, 4.69) is 63.9 Å². The van der Waals surface area contributed by atoms with E-state index in [0.29, 0.717) is 12.2 Å². The molecule has 0 radical (unpaired) electrons. The van der Waals surface area contributed by atoms with Gasteiger partial charge in [-0.3, -0.25) is 4.79 Å². The van der Waals surface area contributed by atoms with E-state index in [0.717, 1.165) is 51.3 Å². The molecule has 4 nitrogen and oxygen atoms in total. The van der Waals surface area contributed by atoms with Gasteiger partial charge in [-0.25, -0.2) is 0 Å². The van der Waals surface area contributed by atoms with Crippen molar-refractivity contribution >= 4 is 22.4 Å². The molecule has 5 rings (SSSR count). The van der Waals surface area contributed by atoms with Crippen LogP contribution in [0.1, 0.15) is 34.5 Å². The summed E-state index contributed by atoms with van der Waals surface area (Å²) in [6.45, 7) is 5.08. The van der Waals surface area contributed by atoms with Crippen LogP contribution >= 0.6 is 0 Å². The molecule has 0 bridgehead atoms. The number of rotatable bonds is 3. The minimum atomic E-state index is 0.300. The Balaban J connectivity index is 1.61. The van der Waals surface area contributed by atoms with E-state index >= 15 is 0 Å². The minimum Gasteiger partial charge on any atom is -0.369 e. The summed E-state index contributed by atoms with van der Waals surface area (Å²) in [6, 6.07) is 17.3. The quantitative estimate of drug-likeness (QED) is 0.696. The smallest absolute Gasteiger partial charge is 0.179 e. The standard InChI is InChI=1S/C24H27N3O/c1-25-12-14-26(15-13-25)19-10-11-22-21(16-19)20-8-5-9-23(28)24(20)27(22)17-18-6-3-2-4-7-18/h2-4,6-7,10-11,16H,5,8-9,12-15,17H2,1H3. The number of fused-ring (bicyclic) bond motifs is 3. The van der Waals surface area contributed by atoms with Crippen molar-refractivity contribution in [3.63, 3.8) is 0 Å². The third-order valence-corrected chi connectivity index (χ3v) is 6.30. The van der Waals surface area contributed by atoms with Crippen LogP contribution in [0.15, 0.2) is 48.5 Å². The zero-order valence-corrected chi connectivity index (χ0v) is 16.5. The van der Waals surface area contributed by atoms with Crippen LogP contribution in [-0.4, -0.2) is 48.5 Å². The van der Waals surface area contributed by atoms with Crippen LogP contribution in [0, 0.1) is 0 Å². The summed E-state index contributed by atoms with van der Waals surface area (Å²) in [6.07, 6.45) is 2.64. The lowest BCUT2D eigenvalue weighted by Crippen LogP contribution is -2.44. The number of aromatic nitrogens is 1. The van der Waals surface area contributed by atoms with Gasteiger partial charge in [-0.2, -0.15) is 0 Å². The van der Waals surface area contributed by atoms with Gasteiger partial charge >= 0.3 is 0 Å². The van der Waals surface area contributed by atoms with Crippen LogP contribution in [0.3, 0.4) is 0 Å². The minimum absolute atomic E-state index is 0.300. The highest BCUT2D eigenvalue weighted by atomic mass is 16.1. The van der Waals surface area contributed by atoms with Crippen molar-refractivity contribution in [1.82, 2.24) is 9.47 Å². The number of Topliss-reactive ketones (excluding diaryl/α,β-unsaturated/α-hetero) is 1. The highest BCUT2D eigenvalue weighted by Crippen LogP contribution is 2.35. The van der Waals surface area contributed by atoms with Gasteiger partial charge in [0.2, 0.25) is 0 Å². The Kier molecular flexibility index (Phi) is 4.44. The zero-order chi connectivity index (χ0) is 19.1. The van der Waals surface area contributed by atoms with Gasteiger partial charge in [-0.05, 0) is 49.2 Å². The topological polar surface area (TPSA) is 28.5 Å². The predicted molar refractivity (Wildman–Crippen MR) is 114 cm³/mol. The van der Waals surface area contributed by atoms with Crippen molar-refractivity contribution in [3.05, 3.63) is 65.4 Å². The SMILES string of the molecule is CN1CCN(c2ccc3c(c2)c2c(n3Cc3ccccc3)C(=O)CCC2)CC1. The second kappa shape index (κ2) is 7.10. The molecule has 0 spiro atoms. The van der Waals surface area contributed by atoms with Crippen molar-refractivity contribution in [2.75, 3.05) is 38.1 Å². The fraction of sp³-hybridized carbons (Fsp3) is 0.375. The Labute approximate surface area is 166 Å². The Morgan fingerprint density at radius 1 is 0.929 bits per heavy atom. The molecule has 1 aliphatic carbocycles. The van der Waals surface area contributed by atoms with E-state index in [9.17, 15) is 4.79 Å². The van der Waals surface area contributed by atoms with E-state index in [-0.39, 0.29) is 0 Å². The summed E-state index contributed by atoms with van der Waals surface area (Å²) in [5, 5.41) is 1.27. The van der Waals surface area contributed by atoms with Gasteiger partial charge < -0.3 is 14.4 Å². The molecular weight excluding hydrogens is 346 g/mol. The normalized spacial score (nSPS) is 17.9. The van der Waals surface area contributed by atoms with Crippen molar-refractivity contribution in [2.24, 2.45) is 0 Å². The lowest BCUT2D eigenvalue weighted by atomic mass is 9.94. The first-order chi connectivity index (χ1) is 13.7. The molecule has 1 aliphatic heterocycles. The first kappa shape index (κ1) is 17.5. The number of anilines is 1. The number of carbonyl (C=O) groups excluding carboxylic acids is 1. The molecule has 144 valence electrons. The molecule has 1 fully saturated rings. The molecule has 3 aromatic rings. The van der Waals surface area contributed by atoms with Crippen LogP contribution in [0.2, 0.25) is 0 Å². The number of hydrogen-bond donors (Lipinski definition) is 0. The summed E-state index contributed by atoms with van der Waals surface area (Å²) in [5.41, 5.74) is 5.93. The number of likely N-dealkylation sites (N-methyl/N-ethyl adjacent to an activating group) is 1. The first-order valence-corrected chi connectivity index (χ1v) is 10.4.